The summed E-state index contributed by atoms with van der Waals surface area (Å²) in [5.74, 6) is 0.0933. The number of hydrogen-bond acceptors (Lipinski definition) is 2. The van der Waals surface area contributed by atoms with Crippen LogP contribution in [-0.2, 0) is 0 Å². The Hall–Kier alpha value is -0.980. The maximum Gasteiger partial charge on any atom is 0.214 e. The third-order valence-electron chi connectivity index (χ3n) is 1.50. The summed E-state index contributed by atoms with van der Waals surface area (Å²) in [5, 5.41) is 0. The standard InChI is InChI=1S/C8H5FIN3/c9-7-4-5(10)3-6(13-7)8-11-1-2-12-8/h1-4H,(H,11,12). The zero-order valence-electron chi connectivity index (χ0n) is 6.46. The first kappa shape index (κ1) is 8.61. The molecule has 0 spiro atoms. The van der Waals surface area contributed by atoms with Crippen molar-refractivity contribution in [1.29, 1.82) is 0 Å². The van der Waals surface area contributed by atoms with Crippen molar-refractivity contribution in [1.82, 2.24) is 15.0 Å². The van der Waals surface area contributed by atoms with E-state index >= 15 is 0 Å². The van der Waals surface area contributed by atoms with Gasteiger partial charge in [-0.2, -0.15) is 4.39 Å². The van der Waals surface area contributed by atoms with Crippen LogP contribution in [0, 0.1) is 9.52 Å². The van der Waals surface area contributed by atoms with E-state index in [0.29, 0.717) is 11.5 Å². The highest BCUT2D eigenvalue weighted by molar-refractivity contribution is 14.1. The first-order valence-electron chi connectivity index (χ1n) is 3.58. The van der Waals surface area contributed by atoms with Gasteiger partial charge in [-0.25, -0.2) is 9.97 Å². The average Bonchev–Trinajstić information content (AvgIpc) is 2.53. The second-order valence-corrected chi connectivity index (χ2v) is 3.68. The van der Waals surface area contributed by atoms with Crippen molar-refractivity contribution in [3.63, 3.8) is 0 Å². The molecule has 5 heteroatoms. The van der Waals surface area contributed by atoms with Gasteiger partial charge in [-0.05, 0) is 28.7 Å². The Labute approximate surface area is 87.6 Å². The average molecular weight is 289 g/mol. The van der Waals surface area contributed by atoms with E-state index in [1.807, 2.05) is 22.6 Å². The number of rotatable bonds is 1. The van der Waals surface area contributed by atoms with Crippen LogP contribution < -0.4 is 0 Å². The molecular formula is C8H5FIN3. The highest BCUT2D eigenvalue weighted by Crippen LogP contribution is 2.15. The number of aromatic amines is 1. The predicted octanol–water partition coefficient (Wildman–Crippen LogP) is 2.22. The van der Waals surface area contributed by atoms with E-state index < -0.39 is 5.95 Å². The van der Waals surface area contributed by atoms with Crippen molar-refractivity contribution in [2.24, 2.45) is 0 Å². The van der Waals surface area contributed by atoms with Gasteiger partial charge in [0.05, 0.1) is 0 Å². The summed E-state index contributed by atoms with van der Waals surface area (Å²) in [6.07, 6.45) is 3.28. The number of hydrogen-bond donors (Lipinski definition) is 1. The van der Waals surface area contributed by atoms with Gasteiger partial charge in [-0.1, -0.05) is 0 Å². The lowest BCUT2D eigenvalue weighted by atomic mass is 10.3. The van der Waals surface area contributed by atoms with E-state index in [-0.39, 0.29) is 0 Å². The van der Waals surface area contributed by atoms with E-state index in [2.05, 4.69) is 15.0 Å². The number of H-pyrrole nitrogens is 1. The molecule has 0 amide bonds. The molecule has 0 atom stereocenters. The third-order valence-corrected chi connectivity index (χ3v) is 2.12. The van der Waals surface area contributed by atoms with E-state index in [9.17, 15) is 4.39 Å². The molecule has 0 aliphatic rings. The topological polar surface area (TPSA) is 41.6 Å². The van der Waals surface area contributed by atoms with Gasteiger partial charge in [0.15, 0.2) is 5.82 Å². The van der Waals surface area contributed by atoms with E-state index in [0.717, 1.165) is 3.57 Å². The van der Waals surface area contributed by atoms with Gasteiger partial charge in [0, 0.05) is 22.0 Å². The van der Waals surface area contributed by atoms with Crippen molar-refractivity contribution < 1.29 is 4.39 Å². The molecule has 0 aliphatic heterocycles. The van der Waals surface area contributed by atoms with Gasteiger partial charge < -0.3 is 4.98 Å². The molecule has 2 aromatic rings. The quantitative estimate of drug-likeness (QED) is 0.646. The molecule has 1 N–H and O–H groups in total. The van der Waals surface area contributed by atoms with Gasteiger partial charge in [-0.15, -0.1) is 0 Å². The normalized spacial score (nSPS) is 10.3. The molecule has 3 nitrogen and oxygen atoms in total. The molecule has 0 saturated carbocycles. The molecule has 0 saturated heterocycles. The molecule has 0 aromatic carbocycles. The summed E-state index contributed by atoms with van der Waals surface area (Å²) in [6.45, 7) is 0. The van der Waals surface area contributed by atoms with Crippen LogP contribution in [0.25, 0.3) is 11.5 Å². The summed E-state index contributed by atoms with van der Waals surface area (Å²) < 4.78 is 13.7. The molecule has 13 heavy (non-hydrogen) atoms. The minimum absolute atomic E-state index is 0.488. The lowest BCUT2D eigenvalue weighted by Crippen LogP contribution is -1.90. The Morgan fingerprint density at radius 2 is 2.23 bits per heavy atom. The Morgan fingerprint density at radius 1 is 1.38 bits per heavy atom. The van der Waals surface area contributed by atoms with Crippen LogP contribution in [0.2, 0.25) is 0 Å². The van der Waals surface area contributed by atoms with Gasteiger partial charge in [-0.3, -0.25) is 0 Å². The monoisotopic (exact) mass is 289 g/mol. The second kappa shape index (κ2) is 3.41. The predicted molar refractivity (Wildman–Crippen MR) is 54.5 cm³/mol. The van der Waals surface area contributed by atoms with Gasteiger partial charge in [0.2, 0.25) is 5.95 Å². The number of nitrogens with one attached hydrogen (secondary N) is 1. The van der Waals surface area contributed by atoms with E-state index in [1.165, 1.54) is 6.07 Å². The minimum atomic E-state index is -0.488. The highest BCUT2D eigenvalue weighted by atomic mass is 127. The van der Waals surface area contributed by atoms with Crippen molar-refractivity contribution in [3.05, 3.63) is 34.0 Å². The van der Waals surface area contributed by atoms with Crippen LogP contribution in [0.1, 0.15) is 0 Å². The zero-order chi connectivity index (χ0) is 9.26. The molecule has 0 fully saturated rings. The molecular weight excluding hydrogens is 284 g/mol. The van der Waals surface area contributed by atoms with Crippen LogP contribution in [-0.4, -0.2) is 15.0 Å². The van der Waals surface area contributed by atoms with Crippen LogP contribution in [0.4, 0.5) is 4.39 Å². The van der Waals surface area contributed by atoms with Crippen molar-refractivity contribution in [2.75, 3.05) is 0 Å². The molecule has 2 aromatic heterocycles. The molecule has 0 bridgehead atoms. The summed E-state index contributed by atoms with van der Waals surface area (Å²) in [7, 11) is 0. The largest absolute Gasteiger partial charge is 0.343 e. The molecule has 0 aliphatic carbocycles. The maximum absolute atomic E-state index is 12.9. The summed E-state index contributed by atoms with van der Waals surface area (Å²) in [6, 6.07) is 3.13. The number of aromatic nitrogens is 3. The minimum Gasteiger partial charge on any atom is -0.343 e. The Balaban J connectivity index is 2.53. The lowest BCUT2D eigenvalue weighted by Gasteiger charge is -1.97. The van der Waals surface area contributed by atoms with Crippen LogP contribution in [0.15, 0.2) is 24.5 Å². The highest BCUT2D eigenvalue weighted by Gasteiger charge is 2.04. The van der Waals surface area contributed by atoms with Crippen LogP contribution in [0.5, 0.6) is 0 Å². The van der Waals surface area contributed by atoms with E-state index in [4.69, 9.17) is 0 Å². The van der Waals surface area contributed by atoms with Crippen molar-refractivity contribution in [3.8, 4) is 11.5 Å². The smallest absolute Gasteiger partial charge is 0.214 e. The SMILES string of the molecule is Fc1cc(I)cc(-c2ncc[nH]2)n1. The molecule has 0 unspecified atom stereocenters. The number of imidazole rings is 1. The van der Waals surface area contributed by atoms with Gasteiger partial charge >= 0.3 is 0 Å². The molecule has 0 radical (unpaired) electrons. The Morgan fingerprint density at radius 3 is 2.85 bits per heavy atom. The zero-order valence-corrected chi connectivity index (χ0v) is 8.62. The first-order chi connectivity index (χ1) is 6.25. The van der Waals surface area contributed by atoms with Crippen LogP contribution in [0.3, 0.4) is 0 Å². The van der Waals surface area contributed by atoms with Crippen molar-refractivity contribution in [2.45, 2.75) is 0 Å². The maximum atomic E-state index is 12.9. The van der Waals surface area contributed by atoms with Gasteiger partial charge in [0.25, 0.3) is 0 Å². The third kappa shape index (κ3) is 1.85. The summed E-state index contributed by atoms with van der Waals surface area (Å²) in [4.78, 5) is 10.6. The number of halogens is 2. The van der Waals surface area contributed by atoms with Crippen LogP contribution >= 0.6 is 22.6 Å². The summed E-state index contributed by atoms with van der Waals surface area (Å²) >= 11 is 2.03. The molecule has 2 rings (SSSR count). The van der Waals surface area contributed by atoms with Gasteiger partial charge in [0.1, 0.15) is 5.69 Å². The second-order valence-electron chi connectivity index (χ2n) is 2.43. The number of pyridine rings is 1. The summed E-state index contributed by atoms with van der Waals surface area (Å²) in [5.41, 5.74) is 0.523. The Bertz CT molecular complexity index is 393. The fourth-order valence-electron chi connectivity index (χ4n) is 0.992. The molecule has 66 valence electrons. The fourth-order valence-corrected chi connectivity index (χ4v) is 1.54. The number of nitrogens with zero attached hydrogens (tertiary/aromatic N) is 2. The first-order valence-corrected chi connectivity index (χ1v) is 4.66. The fraction of sp³-hybridized carbons (Fsp3) is 0. The molecule has 2 heterocycles. The van der Waals surface area contributed by atoms with Crippen molar-refractivity contribution >= 4 is 22.6 Å². The van der Waals surface area contributed by atoms with E-state index in [1.54, 1.807) is 18.5 Å². The Kier molecular flexibility index (Phi) is 2.26. The lowest BCUT2D eigenvalue weighted by molar-refractivity contribution is 0.584.